The van der Waals surface area contributed by atoms with Crippen molar-refractivity contribution in [3.05, 3.63) is 78.1 Å². The summed E-state index contributed by atoms with van der Waals surface area (Å²) in [7, 11) is 0. The first kappa shape index (κ1) is 27.1. The van der Waals surface area contributed by atoms with Gasteiger partial charge in [-0.15, -0.1) is 0 Å². The molecule has 192 valence electrons. The molecule has 0 bridgehead atoms. The normalized spacial score (nSPS) is 10.3. The Bertz CT molecular complexity index is 1300. The maximum absolute atomic E-state index is 13.7. The lowest BCUT2D eigenvalue weighted by Gasteiger charge is -2.23. The van der Waals surface area contributed by atoms with Gasteiger partial charge in [0.15, 0.2) is 0 Å². The van der Waals surface area contributed by atoms with Gasteiger partial charge in [-0.2, -0.15) is 0 Å². The van der Waals surface area contributed by atoms with Crippen LogP contribution in [0.3, 0.4) is 0 Å². The maximum atomic E-state index is 13.7. The number of rotatable bonds is 9. The first-order valence-electron chi connectivity index (χ1n) is 10.9. The monoisotopic (exact) mass is 569 g/mol. The molecule has 4 N–H and O–H groups in total. The molecule has 37 heavy (non-hydrogen) atoms. The zero-order chi connectivity index (χ0) is 26.9. The molecule has 3 aromatic rings. The van der Waals surface area contributed by atoms with Crippen LogP contribution in [0.25, 0.3) is 11.3 Å². The van der Waals surface area contributed by atoms with Gasteiger partial charge in [0.1, 0.15) is 29.4 Å². The number of carbonyl (C=O) groups is 3. The van der Waals surface area contributed by atoms with Gasteiger partial charge in [0.2, 0.25) is 11.9 Å². The molecule has 0 fully saturated rings. The van der Waals surface area contributed by atoms with Crippen LogP contribution in [0, 0.1) is 12.3 Å². The topological polar surface area (TPSA) is 158 Å². The number of guanidine groups is 1. The van der Waals surface area contributed by atoms with Gasteiger partial charge in [-0.05, 0) is 48.9 Å². The summed E-state index contributed by atoms with van der Waals surface area (Å²) < 4.78 is 10.8. The van der Waals surface area contributed by atoms with Crippen molar-refractivity contribution < 1.29 is 28.8 Å². The number of anilines is 1. The number of carbonyl (C=O) groups excluding carboxylic acids is 2. The van der Waals surface area contributed by atoms with E-state index in [1.54, 1.807) is 61.5 Å². The Morgan fingerprint density at radius 2 is 1.86 bits per heavy atom. The van der Waals surface area contributed by atoms with Gasteiger partial charge in [0.05, 0.1) is 11.9 Å². The molecular weight excluding hydrogens is 546 g/mol. The first-order valence-corrected chi connectivity index (χ1v) is 12.0. The number of hydrogen-bond donors (Lipinski definition) is 4. The summed E-state index contributed by atoms with van der Waals surface area (Å²) in [4.78, 5) is 37.4. The summed E-state index contributed by atoms with van der Waals surface area (Å²) in [6.07, 6.45) is 0.126. The molecule has 0 saturated heterocycles. The second-order valence-electron chi connectivity index (χ2n) is 7.64. The number of amides is 3. The van der Waals surface area contributed by atoms with Crippen molar-refractivity contribution in [3.8, 4) is 17.0 Å². The van der Waals surface area contributed by atoms with Gasteiger partial charge in [-0.1, -0.05) is 45.9 Å². The molecule has 3 rings (SSSR count). The third-order valence-corrected chi connectivity index (χ3v) is 5.52. The van der Waals surface area contributed by atoms with Crippen LogP contribution in [0.4, 0.5) is 10.5 Å². The number of halogens is 1. The molecule has 0 unspecified atom stereocenters. The number of hydrogen-bond acceptors (Lipinski definition) is 7. The van der Waals surface area contributed by atoms with Gasteiger partial charge in [-0.25, -0.2) is 4.79 Å². The lowest BCUT2D eigenvalue weighted by molar-refractivity contribution is -0.113. The number of carboxylic acid groups (broad SMARTS) is 1. The fourth-order valence-electron chi connectivity index (χ4n) is 3.31. The van der Waals surface area contributed by atoms with E-state index in [1.165, 1.54) is 0 Å². The van der Waals surface area contributed by atoms with Gasteiger partial charge >= 0.3 is 6.09 Å². The number of nitrogens with zero attached hydrogens (tertiary/aromatic N) is 2. The van der Waals surface area contributed by atoms with Crippen LogP contribution in [0.5, 0.6) is 5.75 Å². The molecule has 1 aromatic heterocycles. The van der Waals surface area contributed by atoms with Crippen molar-refractivity contribution >= 4 is 45.5 Å². The molecule has 0 radical (unpaired) electrons. The van der Waals surface area contributed by atoms with Crippen molar-refractivity contribution in [3.63, 3.8) is 0 Å². The molecule has 0 aliphatic heterocycles. The molecule has 0 saturated carbocycles. The van der Waals surface area contributed by atoms with Crippen molar-refractivity contribution in [1.29, 1.82) is 5.41 Å². The van der Waals surface area contributed by atoms with Gasteiger partial charge in [0, 0.05) is 11.3 Å². The summed E-state index contributed by atoms with van der Waals surface area (Å²) in [6.45, 7) is 5.36. The lowest BCUT2D eigenvalue weighted by atomic mass is 10.0. The van der Waals surface area contributed by atoms with E-state index in [-0.39, 0.29) is 34.8 Å². The van der Waals surface area contributed by atoms with Gasteiger partial charge in [0.25, 0.3) is 5.91 Å². The number of aromatic nitrogens is 1. The highest BCUT2D eigenvalue weighted by atomic mass is 79.9. The van der Waals surface area contributed by atoms with E-state index in [9.17, 15) is 14.4 Å². The maximum Gasteiger partial charge on any atom is 0.411 e. The molecule has 0 atom stereocenters. The van der Waals surface area contributed by atoms with E-state index in [4.69, 9.17) is 19.8 Å². The van der Waals surface area contributed by atoms with Crippen molar-refractivity contribution in [2.24, 2.45) is 0 Å². The summed E-state index contributed by atoms with van der Waals surface area (Å²) >= 11 is 3.07. The third kappa shape index (κ3) is 7.04. The average Bonchev–Trinajstić information content (AvgIpc) is 3.27. The van der Waals surface area contributed by atoms with Crippen molar-refractivity contribution in [2.75, 3.05) is 17.3 Å². The predicted molar refractivity (Wildman–Crippen MR) is 140 cm³/mol. The second kappa shape index (κ2) is 12.5. The Morgan fingerprint density at radius 1 is 1.19 bits per heavy atom. The van der Waals surface area contributed by atoms with E-state index in [1.807, 2.05) is 5.32 Å². The number of benzene rings is 2. The van der Waals surface area contributed by atoms with E-state index >= 15 is 0 Å². The van der Waals surface area contributed by atoms with Crippen LogP contribution in [-0.2, 0) is 11.3 Å². The minimum Gasteiger partial charge on any atom is -0.490 e. The summed E-state index contributed by atoms with van der Waals surface area (Å²) in [5.41, 5.74) is 2.01. The number of aryl methyl sites for hydroxylation is 1. The molecule has 1 heterocycles. The molecule has 11 nitrogen and oxygen atoms in total. The van der Waals surface area contributed by atoms with E-state index in [2.05, 4.69) is 33.0 Å². The zero-order valence-electron chi connectivity index (χ0n) is 19.8. The highest BCUT2D eigenvalue weighted by molar-refractivity contribution is 9.09. The fraction of sp³-hybridized carbons (Fsp3) is 0.160. The third-order valence-electron chi connectivity index (χ3n) is 5.01. The molecule has 12 heteroatoms. The highest BCUT2D eigenvalue weighted by Crippen LogP contribution is 2.28. The molecule has 2 aromatic carbocycles. The molecule has 0 aliphatic rings. The molecule has 0 spiro atoms. The average molecular weight is 570 g/mol. The number of nitrogens with one attached hydrogen (secondary N) is 3. The standard InChI is InChI=1S/C25H24BrN5O6/c1-3-12-36-19-10-6-17(7-11-19)22-21(15(2)37-30-22)23(33)31(24(27)29-25(34)35)14-16-4-8-18(9-5-16)28-20(32)13-26/h3-11H,1,12-14H2,2H3,(H2,27,29)(H,28,32)(H,34,35). The Morgan fingerprint density at radius 3 is 2.46 bits per heavy atom. The molecule has 3 amide bonds. The predicted octanol–water partition coefficient (Wildman–Crippen LogP) is 4.39. The van der Waals surface area contributed by atoms with E-state index in [0.29, 0.717) is 29.2 Å². The lowest BCUT2D eigenvalue weighted by Crippen LogP contribution is -2.46. The minimum atomic E-state index is -1.49. The SMILES string of the molecule is C=CCOc1ccc(-c2noc(C)c2C(=O)N(Cc2ccc(NC(=O)CBr)cc2)C(=N)NC(=O)O)cc1. The van der Waals surface area contributed by atoms with Crippen molar-refractivity contribution in [2.45, 2.75) is 13.5 Å². The van der Waals surface area contributed by atoms with Gasteiger partial charge < -0.3 is 19.7 Å². The summed E-state index contributed by atoms with van der Waals surface area (Å²) in [6, 6.07) is 13.4. The number of ether oxygens (including phenoxy) is 1. The van der Waals surface area contributed by atoms with Crippen LogP contribution in [0.2, 0.25) is 0 Å². The smallest absolute Gasteiger partial charge is 0.411 e. The van der Waals surface area contributed by atoms with Crippen LogP contribution < -0.4 is 15.4 Å². The summed E-state index contributed by atoms with van der Waals surface area (Å²) in [5.74, 6) is -0.757. The quantitative estimate of drug-likeness (QED) is 0.129. The largest absolute Gasteiger partial charge is 0.490 e. The second-order valence-corrected chi connectivity index (χ2v) is 8.20. The van der Waals surface area contributed by atoms with Crippen LogP contribution >= 0.6 is 15.9 Å². The first-order chi connectivity index (χ1) is 17.7. The van der Waals surface area contributed by atoms with Gasteiger partial charge in [-0.3, -0.25) is 25.2 Å². The fourth-order valence-corrected chi connectivity index (χ4v) is 3.45. The van der Waals surface area contributed by atoms with Crippen LogP contribution in [-0.4, -0.2) is 51.0 Å². The molecule has 0 aliphatic carbocycles. The van der Waals surface area contributed by atoms with Crippen molar-refractivity contribution in [1.82, 2.24) is 15.4 Å². The molecular formula is C25H24BrN5O6. The summed E-state index contributed by atoms with van der Waals surface area (Å²) in [5, 5.41) is 26.1. The Balaban J connectivity index is 1.91. The Labute approximate surface area is 220 Å². The van der Waals surface area contributed by atoms with Crippen LogP contribution in [0.15, 0.2) is 65.7 Å². The van der Waals surface area contributed by atoms with E-state index < -0.39 is 18.0 Å². The van der Waals surface area contributed by atoms with E-state index in [0.717, 1.165) is 4.90 Å². The number of alkyl halides is 1. The zero-order valence-corrected chi connectivity index (χ0v) is 21.4. The van der Waals surface area contributed by atoms with Crippen LogP contribution in [0.1, 0.15) is 21.7 Å². The highest BCUT2D eigenvalue weighted by Gasteiger charge is 2.29. The Kier molecular flexibility index (Phi) is 9.16. The Hall–Kier alpha value is -4.45. The minimum absolute atomic E-state index is 0.0814.